The van der Waals surface area contributed by atoms with Gasteiger partial charge in [-0.25, -0.2) is 13.6 Å². The molecule has 2 aliphatic rings. The number of aryl methyl sites for hydroxylation is 1. The Morgan fingerprint density at radius 1 is 0.865 bits per heavy atom. The average Bonchev–Trinajstić information content (AvgIpc) is 3.88. The van der Waals surface area contributed by atoms with Crippen LogP contribution in [-0.4, -0.2) is 104 Å². The van der Waals surface area contributed by atoms with Crippen molar-refractivity contribution in [3.05, 3.63) is 118 Å². The van der Waals surface area contributed by atoms with Gasteiger partial charge in [0.25, 0.3) is 45.5 Å². The highest BCUT2D eigenvalue weighted by Crippen LogP contribution is 2.49. The van der Waals surface area contributed by atoms with Gasteiger partial charge in [-0.05, 0) is 92.5 Å². The van der Waals surface area contributed by atoms with E-state index in [1.807, 2.05) is 49.1 Å². The summed E-state index contributed by atoms with van der Waals surface area (Å²) in [5, 5.41) is 15.1. The quantitative estimate of drug-likeness (QED) is 0.0233. The van der Waals surface area contributed by atoms with E-state index in [1.165, 1.54) is 35.6 Å². The normalized spacial score (nSPS) is 16.0. The molecule has 6 rings (SSSR count). The molecule has 4 heterocycles. The highest BCUT2D eigenvalue weighted by atomic mass is 32.2. The van der Waals surface area contributed by atoms with Crippen LogP contribution in [0.2, 0.25) is 0 Å². The van der Waals surface area contributed by atoms with Crippen molar-refractivity contribution in [1.29, 1.82) is 0 Å². The maximum absolute atomic E-state index is 13.3. The van der Waals surface area contributed by atoms with E-state index in [0.29, 0.717) is 64.6 Å². The lowest BCUT2D eigenvalue weighted by atomic mass is 9.81. The molecule has 23 heteroatoms. The number of benzene rings is 2. The number of fused-ring (bicyclic) bond motifs is 2. The summed E-state index contributed by atoms with van der Waals surface area (Å²) in [6.07, 6.45) is 13.5. The number of nitrogens with zero attached hydrogens (tertiary/aromatic N) is 5. The molecule has 0 unspecified atom stereocenters. The van der Waals surface area contributed by atoms with Gasteiger partial charge in [-0.15, -0.1) is 0 Å². The molecule has 0 bridgehead atoms. The maximum Gasteiger partial charge on any atom is 0.295 e. The molecule has 74 heavy (non-hydrogen) atoms. The Kier molecular flexibility index (Phi) is 18.5. The van der Waals surface area contributed by atoms with Gasteiger partial charge < -0.3 is 15.5 Å². The number of ketones is 1. The standard InChI is InChI=1S/C51H64N8O11S4/c1-7-8-29-58-42-16-12-11-15-39(42)50(2,3)44(58)24-19-35(20-25-45-51(4,5)40-33-38(74(68,69)70)21-23-43(40)59(45)30-14-31-72(63,64)65)41-22-18-36(34-55-41)48(62)54-27-13-9-10-17-46(61)53-28-26-37(60)32-47-57(6)56-49(71-47)73(52,66)67/h11-12,15-16,18-25,33-34H,7-10,13-14,17,26-32H2,1-6H3,(H4-2,52,53,54,61,62,63,64,65,66,67,68,69,70)/p+2. The van der Waals surface area contributed by atoms with Gasteiger partial charge in [0, 0.05) is 90.3 Å². The van der Waals surface area contributed by atoms with Crippen molar-refractivity contribution in [2.24, 2.45) is 12.2 Å². The molecule has 0 atom stereocenters. The topological polar surface area (TPSA) is 280 Å². The minimum Gasteiger partial charge on any atom is -0.356 e. The zero-order valence-corrected chi connectivity index (χ0v) is 45.8. The van der Waals surface area contributed by atoms with Crippen molar-refractivity contribution in [3.8, 4) is 0 Å². The number of hydrogen-bond donors (Lipinski definition) is 5. The lowest BCUT2D eigenvalue weighted by Crippen LogP contribution is -2.36. The van der Waals surface area contributed by atoms with Crippen LogP contribution in [0.3, 0.4) is 0 Å². The van der Waals surface area contributed by atoms with Gasteiger partial charge in [0.2, 0.25) is 11.6 Å². The Morgan fingerprint density at radius 3 is 2.27 bits per heavy atom. The largest absolute Gasteiger partial charge is 0.356 e. The van der Waals surface area contributed by atoms with Crippen LogP contribution in [0.25, 0.3) is 5.57 Å². The van der Waals surface area contributed by atoms with Gasteiger partial charge in [0.15, 0.2) is 12.8 Å². The van der Waals surface area contributed by atoms with E-state index in [1.54, 1.807) is 18.2 Å². The molecule has 0 spiro atoms. The smallest absolute Gasteiger partial charge is 0.295 e. The van der Waals surface area contributed by atoms with Crippen LogP contribution < -0.4 is 25.4 Å². The number of Topliss-reactive ketones (excluding diaryl/α,β-unsaturated/α-hetero) is 1. The minimum absolute atomic E-state index is 0.0410. The molecule has 19 nitrogen and oxygen atoms in total. The highest BCUT2D eigenvalue weighted by Gasteiger charge is 2.44. The van der Waals surface area contributed by atoms with Gasteiger partial charge >= 0.3 is 0 Å². The number of aromatic nitrogens is 3. The Bertz CT molecular complexity index is 3250. The van der Waals surface area contributed by atoms with Crippen LogP contribution in [0.4, 0.5) is 11.4 Å². The second-order valence-corrected chi connectivity index (χ2v) is 25.1. The van der Waals surface area contributed by atoms with E-state index < -0.39 is 41.4 Å². The average molecular weight is 1100 g/mol. The van der Waals surface area contributed by atoms with E-state index >= 15 is 0 Å². The summed E-state index contributed by atoms with van der Waals surface area (Å²) in [4.78, 5) is 44.6. The van der Waals surface area contributed by atoms with Crippen LogP contribution in [0, 0.1) is 0 Å². The Balaban J connectivity index is 1.16. The zero-order chi connectivity index (χ0) is 54.2. The Labute approximate surface area is 437 Å². The zero-order valence-electron chi connectivity index (χ0n) is 42.5. The molecule has 0 aliphatic carbocycles. The number of pyridine rings is 1. The van der Waals surface area contributed by atoms with E-state index in [4.69, 9.17) is 10.1 Å². The second-order valence-electron chi connectivity index (χ2n) is 19.4. The van der Waals surface area contributed by atoms with E-state index in [-0.39, 0.29) is 71.0 Å². The maximum atomic E-state index is 13.3. The molecule has 0 saturated carbocycles. The molecular weight excluding hydrogens is 1030 g/mol. The summed E-state index contributed by atoms with van der Waals surface area (Å²) < 4.78 is 94.1. The van der Waals surface area contributed by atoms with Gasteiger partial charge in [0.1, 0.15) is 18.7 Å². The minimum atomic E-state index is -4.55. The number of primary sulfonamides is 1. The number of nitrogens with two attached hydrogens (primary N) is 1. The number of nitrogens with one attached hydrogen (secondary N) is 2. The van der Waals surface area contributed by atoms with Gasteiger partial charge in [-0.1, -0.05) is 62.6 Å². The SMILES string of the molecule is CCCC[N+]1=C(/C=C/C(=C/C=C2/N(CCCS(=O)(=O)O)c3ccc(S(=O)(=O)O)cc3C2(C)C)c2ccc(C(=O)NCCCCCC(=O)NCCC(=O)Cc3sc(S(N)(=O)=O)n[n+]3C)cn2)C(C)(C)c2ccccc21. The first-order valence-corrected chi connectivity index (χ1v) is 29.7. The van der Waals surface area contributed by atoms with Crippen molar-refractivity contribution in [2.45, 2.75) is 112 Å². The summed E-state index contributed by atoms with van der Waals surface area (Å²) in [6, 6.07) is 16.1. The van der Waals surface area contributed by atoms with Gasteiger partial charge in [-0.3, -0.25) is 28.5 Å². The third-order valence-corrected chi connectivity index (χ3v) is 17.2. The first-order valence-electron chi connectivity index (χ1n) is 24.3. The van der Waals surface area contributed by atoms with E-state index in [0.717, 1.165) is 42.1 Å². The summed E-state index contributed by atoms with van der Waals surface area (Å²) >= 11 is 0.825. The van der Waals surface area contributed by atoms with Crippen molar-refractivity contribution in [2.75, 3.05) is 36.8 Å². The van der Waals surface area contributed by atoms with Gasteiger partial charge in [0.05, 0.1) is 27.3 Å². The molecular formula is C51H66N8O11S4+2. The number of amides is 2. The Morgan fingerprint density at radius 2 is 1.61 bits per heavy atom. The van der Waals surface area contributed by atoms with Crippen LogP contribution in [0.1, 0.15) is 118 Å². The number of para-hydroxylation sites is 1. The van der Waals surface area contributed by atoms with E-state index in [9.17, 15) is 48.7 Å². The number of sulfonamides is 1. The van der Waals surface area contributed by atoms with Crippen molar-refractivity contribution in [1.82, 2.24) is 20.7 Å². The fourth-order valence-electron chi connectivity index (χ4n) is 9.13. The molecule has 6 N–H and O–H groups in total. The molecule has 0 fully saturated rings. The lowest BCUT2D eigenvalue weighted by Gasteiger charge is -2.27. The number of carbonyl (C=O) groups is 3. The molecule has 2 aromatic carbocycles. The molecule has 398 valence electrons. The molecule has 4 aromatic rings. The van der Waals surface area contributed by atoms with Crippen LogP contribution in [-0.2, 0) is 64.1 Å². The molecule has 2 aromatic heterocycles. The number of hydrogen-bond acceptors (Lipinski definition) is 13. The van der Waals surface area contributed by atoms with Gasteiger partial charge in [-0.2, -0.15) is 21.4 Å². The number of anilines is 1. The first kappa shape index (κ1) is 57.5. The van der Waals surface area contributed by atoms with Crippen molar-refractivity contribution in [3.63, 3.8) is 0 Å². The number of unbranched alkanes of at least 4 members (excludes halogenated alkanes) is 3. The van der Waals surface area contributed by atoms with Crippen molar-refractivity contribution < 1.29 is 58.0 Å². The summed E-state index contributed by atoms with van der Waals surface area (Å²) in [5.74, 6) is -1.23. The summed E-state index contributed by atoms with van der Waals surface area (Å²) in [5.41, 5.74) is 5.66. The number of allylic oxidation sites excluding steroid dienone is 6. The molecule has 0 radical (unpaired) electrons. The second kappa shape index (κ2) is 23.8. The number of carbonyl (C=O) groups excluding carboxylic acids is 3. The predicted molar refractivity (Wildman–Crippen MR) is 283 cm³/mol. The lowest BCUT2D eigenvalue weighted by molar-refractivity contribution is -0.734. The third kappa shape index (κ3) is 14.3. The monoisotopic (exact) mass is 1090 g/mol. The van der Waals surface area contributed by atoms with Crippen LogP contribution in [0.15, 0.2) is 100 Å². The third-order valence-electron chi connectivity index (χ3n) is 13.1. The van der Waals surface area contributed by atoms with E-state index in [2.05, 4.69) is 59.3 Å². The summed E-state index contributed by atoms with van der Waals surface area (Å²) in [7, 11) is -11.3. The molecule has 0 saturated heterocycles. The summed E-state index contributed by atoms with van der Waals surface area (Å²) in [6.45, 7) is 11.8. The van der Waals surface area contributed by atoms with Crippen LogP contribution >= 0.6 is 11.3 Å². The fourth-order valence-corrected chi connectivity index (χ4v) is 11.9. The predicted octanol–water partition coefficient (Wildman–Crippen LogP) is 5.64. The Hall–Kier alpha value is -5.82. The van der Waals surface area contributed by atoms with Crippen molar-refractivity contribution >= 4 is 81.9 Å². The fraction of sp³-hybridized carbons (Fsp3) is 0.431. The first-order chi connectivity index (χ1) is 34.7. The highest BCUT2D eigenvalue weighted by molar-refractivity contribution is 7.91. The van der Waals surface area contributed by atoms with Crippen LogP contribution in [0.5, 0.6) is 0 Å². The molecule has 2 amide bonds. The molecule has 2 aliphatic heterocycles. The number of rotatable bonds is 25.